The summed E-state index contributed by atoms with van der Waals surface area (Å²) in [6.07, 6.45) is 5.22. The van der Waals surface area contributed by atoms with Gasteiger partial charge in [-0.2, -0.15) is 0 Å². The number of methoxy groups -OCH3 is 1. The van der Waals surface area contributed by atoms with Crippen molar-refractivity contribution in [2.75, 3.05) is 7.11 Å². The Morgan fingerprint density at radius 1 is 1.54 bits per heavy atom. The minimum absolute atomic E-state index is 0.00231. The number of carbonyl (C=O) groups is 1. The van der Waals surface area contributed by atoms with Crippen LogP contribution in [0, 0.1) is 17.3 Å². The molecule has 0 saturated carbocycles. The zero-order valence-electron chi connectivity index (χ0n) is 8.83. The first kappa shape index (κ1) is 10.3. The Labute approximate surface area is 80.0 Å². The van der Waals surface area contributed by atoms with Crippen LogP contribution in [0.2, 0.25) is 0 Å². The quantitative estimate of drug-likeness (QED) is 0.460. The van der Waals surface area contributed by atoms with E-state index in [4.69, 9.17) is 4.74 Å². The van der Waals surface area contributed by atoms with Crippen molar-refractivity contribution in [1.82, 2.24) is 0 Å². The third-order valence-corrected chi connectivity index (χ3v) is 2.91. The number of hydrogen-bond donors (Lipinski definition) is 0. The molecule has 0 heterocycles. The second-order valence-corrected chi connectivity index (χ2v) is 4.48. The Balaban J connectivity index is 2.90. The molecule has 2 heteroatoms. The third kappa shape index (κ3) is 1.93. The van der Waals surface area contributed by atoms with Gasteiger partial charge in [-0.15, -0.1) is 0 Å². The molecule has 0 radical (unpaired) electrons. The van der Waals surface area contributed by atoms with Crippen molar-refractivity contribution in [3.63, 3.8) is 0 Å². The molecular weight excluding hydrogens is 164 g/mol. The number of ether oxygens (including phenoxy) is 1. The highest BCUT2D eigenvalue weighted by Gasteiger charge is 2.40. The lowest BCUT2D eigenvalue weighted by Crippen LogP contribution is -2.37. The van der Waals surface area contributed by atoms with Crippen molar-refractivity contribution in [2.24, 2.45) is 17.3 Å². The van der Waals surface area contributed by atoms with E-state index in [1.54, 1.807) is 0 Å². The lowest BCUT2D eigenvalue weighted by molar-refractivity contribution is -0.151. The lowest BCUT2D eigenvalue weighted by Gasteiger charge is -2.37. The largest absolute Gasteiger partial charge is 0.469 e. The Kier molecular flexibility index (Phi) is 2.79. The van der Waals surface area contributed by atoms with Crippen LogP contribution in [-0.2, 0) is 9.53 Å². The fourth-order valence-corrected chi connectivity index (χ4v) is 2.20. The molecule has 0 aromatic heterocycles. The van der Waals surface area contributed by atoms with Crippen molar-refractivity contribution >= 4 is 5.97 Å². The number of allylic oxidation sites excluding steroid dienone is 2. The van der Waals surface area contributed by atoms with Crippen molar-refractivity contribution in [3.8, 4) is 0 Å². The van der Waals surface area contributed by atoms with Crippen LogP contribution in [-0.4, -0.2) is 13.1 Å². The van der Waals surface area contributed by atoms with Crippen LogP contribution in [0.1, 0.15) is 27.2 Å². The molecule has 0 fully saturated rings. The van der Waals surface area contributed by atoms with E-state index in [-0.39, 0.29) is 23.2 Å². The highest BCUT2D eigenvalue weighted by atomic mass is 16.5. The van der Waals surface area contributed by atoms with Crippen molar-refractivity contribution in [1.29, 1.82) is 0 Å². The molecule has 74 valence electrons. The van der Waals surface area contributed by atoms with Gasteiger partial charge in [-0.05, 0) is 17.8 Å². The predicted octanol–water partition coefficient (Wildman–Crippen LogP) is 2.40. The van der Waals surface area contributed by atoms with E-state index in [2.05, 4.69) is 32.9 Å². The van der Waals surface area contributed by atoms with Crippen LogP contribution >= 0.6 is 0 Å². The Morgan fingerprint density at radius 3 is 2.62 bits per heavy atom. The number of hydrogen-bond acceptors (Lipinski definition) is 2. The van der Waals surface area contributed by atoms with Crippen molar-refractivity contribution in [2.45, 2.75) is 27.2 Å². The molecular formula is C11H18O2. The third-order valence-electron chi connectivity index (χ3n) is 2.91. The molecule has 0 N–H and O–H groups in total. The fourth-order valence-electron chi connectivity index (χ4n) is 2.20. The van der Waals surface area contributed by atoms with Crippen LogP contribution in [0.4, 0.5) is 0 Å². The monoisotopic (exact) mass is 182 g/mol. The summed E-state index contributed by atoms with van der Waals surface area (Å²) in [6.45, 7) is 6.31. The molecule has 0 aromatic carbocycles. The van der Waals surface area contributed by atoms with Gasteiger partial charge in [-0.3, -0.25) is 4.79 Å². The first-order valence-corrected chi connectivity index (χ1v) is 4.73. The standard InChI is InChI=1S/C11H18O2/c1-8-6-5-7-11(2,3)9(8)10(12)13-4/h5-6,8-9H,7H2,1-4H3/t8-,9+/m1/s1. The van der Waals surface area contributed by atoms with Gasteiger partial charge in [0.05, 0.1) is 13.0 Å². The molecule has 1 aliphatic carbocycles. The SMILES string of the molecule is COC(=O)[C@@H]1[C@H](C)C=CCC1(C)C. The van der Waals surface area contributed by atoms with Crippen molar-refractivity contribution < 1.29 is 9.53 Å². The molecule has 13 heavy (non-hydrogen) atoms. The molecule has 1 aliphatic rings. The second kappa shape index (κ2) is 3.52. The first-order chi connectivity index (χ1) is 5.99. The second-order valence-electron chi connectivity index (χ2n) is 4.48. The smallest absolute Gasteiger partial charge is 0.309 e. The van der Waals surface area contributed by atoms with Gasteiger partial charge in [-0.1, -0.05) is 32.9 Å². The Hall–Kier alpha value is -0.790. The van der Waals surface area contributed by atoms with E-state index in [0.717, 1.165) is 6.42 Å². The highest BCUT2D eigenvalue weighted by molar-refractivity contribution is 5.74. The van der Waals surface area contributed by atoms with Gasteiger partial charge in [-0.25, -0.2) is 0 Å². The molecule has 0 unspecified atom stereocenters. The summed E-state index contributed by atoms with van der Waals surface area (Å²) in [4.78, 5) is 11.5. The summed E-state index contributed by atoms with van der Waals surface area (Å²) < 4.78 is 4.82. The summed E-state index contributed by atoms with van der Waals surface area (Å²) in [5.41, 5.74) is 0.0290. The summed E-state index contributed by atoms with van der Waals surface area (Å²) in [7, 11) is 1.46. The number of rotatable bonds is 1. The molecule has 0 bridgehead atoms. The van der Waals surface area contributed by atoms with E-state index in [1.165, 1.54) is 7.11 Å². The summed E-state index contributed by atoms with van der Waals surface area (Å²) in [6, 6.07) is 0. The molecule has 2 nitrogen and oxygen atoms in total. The number of esters is 1. The summed E-state index contributed by atoms with van der Waals surface area (Å²) in [5.74, 6) is 0.209. The Bertz CT molecular complexity index is 228. The average Bonchev–Trinajstić information content (AvgIpc) is 2.02. The van der Waals surface area contributed by atoms with E-state index in [1.807, 2.05) is 0 Å². The van der Waals surface area contributed by atoms with Gasteiger partial charge in [0.1, 0.15) is 0 Å². The average molecular weight is 182 g/mol. The molecule has 2 atom stereocenters. The molecule has 0 spiro atoms. The number of carbonyl (C=O) groups excluding carboxylic acids is 1. The van der Waals surface area contributed by atoms with Gasteiger partial charge in [0.25, 0.3) is 0 Å². The molecule has 0 aromatic rings. The van der Waals surface area contributed by atoms with Gasteiger partial charge >= 0.3 is 5.97 Å². The Morgan fingerprint density at radius 2 is 2.15 bits per heavy atom. The normalized spacial score (nSPS) is 31.4. The van der Waals surface area contributed by atoms with Gasteiger partial charge in [0, 0.05) is 0 Å². The van der Waals surface area contributed by atoms with Crippen LogP contribution in [0.3, 0.4) is 0 Å². The summed E-state index contributed by atoms with van der Waals surface area (Å²) in [5, 5.41) is 0. The van der Waals surface area contributed by atoms with Gasteiger partial charge in [0.15, 0.2) is 0 Å². The minimum atomic E-state index is -0.0816. The zero-order valence-corrected chi connectivity index (χ0v) is 8.83. The van der Waals surface area contributed by atoms with E-state index in [9.17, 15) is 4.79 Å². The van der Waals surface area contributed by atoms with Gasteiger partial charge in [0.2, 0.25) is 0 Å². The zero-order chi connectivity index (χ0) is 10.1. The minimum Gasteiger partial charge on any atom is -0.469 e. The predicted molar refractivity (Wildman–Crippen MR) is 52.2 cm³/mol. The van der Waals surface area contributed by atoms with Crippen LogP contribution in [0.25, 0.3) is 0 Å². The molecule has 1 rings (SSSR count). The van der Waals surface area contributed by atoms with E-state index < -0.39 is 0 Å². The van der Waals surface area contributed by atoms with E-state index >= 15 is 0 Å². The maximum atomic E-state index is 11.5. The van der Waals surface area contributed by atoms with E-state index in [0.29, 0.717) is 0 Å². The molecule has 0 aliphatic heterocycles. The summed E-state index contributed by atoms with van der Waals surface area (Å²) >= 11 is 0. The molecule has 0 saturated heterocycles. The fraction of sp³-hybridized carbons (Fsp3) is 0.727. The van der Waals surface area contributed by atoms with Crippen molar-refractivity contribution in [3.05, 3.63) is 12.2 Å². The van der Waals surface area contributed by atoms with Gasteiger partial charge < -0.3 is 4.74 Å². The maximum absolute atomic E-state index is 11.5. The van der Waals surface area contributed by atoms with Crippen LogP contribution in [0.5, 0.6) is 0 Å². The first-order valence-electron chi connectivity index (χ1n) is 4.73. The van der Waals surface area contributed by atoms with Crippen LogP contribution in [0.15, 0.2) is 12.2 Å². The lowest BCUT2D eigenvalue weighted by atomic mass is 9.67. The molecule has 0 amide bonds. The maximum Gasteiger partial charge on any atom is 0.309 e. The van der Waals surface area contributed by atoms with Crippen LogP contribution < -0.4 is 0 Å². The highest BCUT2D eigenvalue weighted by Crippen LogP contribution is 2.40. The topological polar surface area (TPSA) is 26.3 Å².